The lowest BCUT2D eigenvalue weighted by molar-refractivity contribution is -0.690. The van der Waals surface area contributed by atoms with Gasteiger partial charge in [-0.25, -0.2) is 0 Å². The third kappa shape index (κ3) is 5.23. The molecule has 3 aromatic rings. The summed E-state index contributed by atoms with van der Waals surface area (Å²) in [5, 5.41) is 5.71. The molecule has 2 aromatic carbocycles. The maximum absolute atomic E-state index is 12.8. The molecule has 0 aliphatic heterocycles. The fraction of sp³-hybridized carbons (Fsp3) is 0.208. The van der Waals surface area contributed by atoms with Crippen LogP contribution in [0.2, 0.25) is 0 Å². The molecule has 0 bridgehead atoms. The number of aromatic nitrogens is 1. The number of carbonyl (C=O) groups is 2. The van der Waals surface area contributed by atoms with Gasteiger partial charge in [-0.05, 0) is 56.3 Å². The molecule has 0 unspecified atom stereocenters. The molecule has 0 aliphatic rings. The molecule has 0 radical (unpaired) electrons. The van der Waals surface area contributed by atoms with E-state index in [0.29, 0.717) is 23.5 Å². The fourth-order valence-electron chi connectivity index (χ4n) is 3.06. The summed E-state index contributed by atoms with van der Waals surface area (Å²) in [4.78, 5) is 25.4. The number of ether oxygens (including phenoxy) is 1. The highest BCUT2D eigenvalue weighted by atomic mass is 16.5. The van der Waals surface area contributed by atoms with Gasteiger partial charge in [0.2, 0.25) is 6.54 Å². The summed E-state index contributed by atoms with van der Waals surface area (Å²) >= 11 is 0. The van der Waals surface area contributed by atoms with Gasteiger partial charge in [-0.15, -0.1) is 0 Å². The Kier molecular flexibility index (Phi) is 6.80. The predicted octanol–water partition coefficient (Wildman–Crippen LogP) is 3.88. The van der Waals surface area contributed by atoms with E-state index in [4.69, 9.17) is 4.74 Å². The van der Waals surface area contributed by atoms with Crippen LogP contribution in [0.4, 0.5) is 11.4 Å². The number of aryl methyl sites for hydroxylation is 1. The lowest BCUT2D eigenvalue weighted by atomic mass is 10.1. The first-order valence-electron chi connectivity index (χ1n) is 9.86. The van der Waals surface area contributed by atoms with Gasteiger partial charge in [-0.1, -0.05) is 12.1 Å². The highest BCUT2D eigenvalue weighted by Crippen LogP contribution is 2.19. The molecule has 3 rings (SSSR count). The number of rotatable bonds is 7. The minimum absolute atomic E-state index is 0.169. The number of hydrogen-bond donors (Lipinski definition) is 2. The topological polar surface area (TPSA) is 71.3 Å². The van der Waals surface area contributed by atoms with Crippen LogP contribution < -0.4 is 19.9 Å². The third-order valence-electron chi connectivity index (χ3n) is 4.80. The largest absolute Gasteiger partial charge is 0.494 e. The number of carbonyl (C=O) groups excluding carboxylic acids is 2. The van der Waals surface area contributed by atoms with Crippen LogP contribution in [0.15, 0.2) is 66.9 Å². The second kappa shape index (κ2) is 9.69. The van der Waals surface area contributed by atoms with Crippen molar-refractivity contribution in [2.45, 2.75) is 27.3 Å². The molecule has 0 saturated carbocycles. The van der Waals surface area contributed by atoms with Gasteiger partial charge in [-0.3, -0.25) is 9.59 Å². The SMILES string of the molecule is CCOc1ccc(NC(=O)c2ccccc2NC(=O)C[n+]2cccc(C)c2C)cc1. The molecule has 2 amide bonds. The molecule has 2 N–H and O–H groups in total. The zero-order valence-corrected chi connectivity index (χ0v) is 17.4. The van der Waals surface area contributed by atoms with E-state index < -0.39 is 0 Å². The van der Waals surface area contributed by atoms with Crippen molar-refractivity contribution >= 4 is 23.2 Å². The first-order chi connectivity index (χ1) is 14.5. The van der Waals surface area contributed by atoms with Crippen molar-refractivity contribution in [2.24, 2.45) is 0 Å². The van der Waals surface area contributed by atoms with Crippen molar-refractivity contribution < 1.29 is 18.9 Å². The van der Waals surface area contributed by atoms with Gasteiger partial charge in [0.25, 0.3) is 11.8 Å². The standard InChI is InChI=1S/C24H25N3O3/c1-4-30-20-13-11-19(12-14-20)25-24(29)21-9-5-6-10-22(21)26-23(28)16-27-15-7-8-17(2)18(27)3/h5-15H,4,16H2,1-3H3,(H-,25,26,28,29)/p+1. The number of hydrogen-bond acceptors (Lipinski definition) is 3. The molecular weight excluding hydrogens is 378 g/mol. The van der Waals surface area contributed by atoms with Gasteiger partial charge in [0.05, 0.1) is 17.9 Å². The number of nitrogens with one attached hydrogen (secondary N) is 2. The summed E-state index contributed by atoms with van der Waals surface area (Å²) in [6, 6.07) is 18.0. The average molecular weight is 404 g/mol. The predicted molar refractivity (Wildman–Crippen MR) is 117 cm³/mol. The lowest BCUT2D eigenvalue weighted by Crippen LogP contribution is -2.43. The minimum Gasteiger partial charge on any atom is -0.494 e. The molecule has 154 valence electrons. The van der Waals surface area contributed by atoms with Crippen LogP contribution in [-0.4, -0.2) is 18.4 Å². The molecule has 0 spiro atoms. The third-order valence-corrected chi connectivity index (χ3v) is 4.80. The van der Waals surface area contributed by atoms with Crippen molar-refractivity contribution in [3.05, 3.63) is 83.7 Å². The Morgan fingerprint density at radius 3 is 2.40 bits per heavy atom. The Morgan fingerprint density at radius 1 is 0.933 bits per heavy atom. The minimum atomic E-state index is -0.297. The second-order valence-corrected chi connectivity index (χ2v) is 6.91. The zero-order valence-electron chi connectivity index (χ0n) is 17.4. The lowest BCUT2D eigenvalue weighted by Gasteiger charge is -2.11. The molecule has 0 fully saturated rings. The van der Waals surface area contributed by atoms with Crippen molar-refractivity contribution in [1.29, 1.82) is 0 Å². The van der Waals surface area contributed by atoms with Crippen LogP contribution in [0.1, 0.15) is 28.5 Å². The van der Waals surface area contributed by atoms with Gasteiger partial charge in [-0.2, -0.15) is 4.57 Å². The van der Waals surface area contributed by atoms with Crippen LogP contribution in [0.25, 0.3) is 0 Å². The smallest absolute Gasteiger partial charge is 0.290 e. The number of para-hydroxylation sites is 1. The number of anilines is 2. The maximum Gasteiger partial charge on any atom is 0.290 e. The molecule has 6 nitrogen and oxygen atoms in total. The van der Waals surface area contributed by atoms with Crippen LogP contribution >= 0.6 is 0 Å². The molecule has 0 saturated heterocycles. The molecule has 1 heterocycles. The number of nitrogens with zero attached hydrogens (tertiary/aromatic N) is 1. The van der Waals surface area contributed by atoms with Crippen LogP contribution in [0, 0.1) is 13.8 Å². The van der Waals surface area contributed by atoms with E-state index in [0.717, 1.165) is 17.0 Å². The molecule has 30 heavy (non-hydrogen) atoms. The number of benzene rings is 2. The Hall–Kier alpha value is -3.67. The average Bonchev–Trinajstić information content (AvgIpc) is 2.73. The molecule has 0 aliphatic carbocycles. The quantitative estimate of drug-likeness (QED) is 0.587. The highest BCUT2D eigenvalue weighted by Gasteiger charge is 2.17. The molecule has 1 aromatic heterocycles. The van der Waals surface area contributed by atoms with E-state index in [1.807, 2.05) is 43.7 Å². The van der Waals surface area contributed by atoms with Crippen molar-refractivity contribution in [1.82, 2.24) is 0 Å². The van der Waals surface area contributed by atoms with Gasteiger partial charge in [0.15, 0.2) is 11.9 Å². The van der Waals surface area contributed by atoms with E-state index in [1.165, 1.54) is 0 Å². The van der Waals surface area contributed by atoms with Gasteiger partial charge in [0, 0.05) is 24.2 Å². The maximum atomic E-state index is 12.8. The van der Waals surface area contributed by atoms with Gasteiger partial charge < -0.3 is 15.4 Å². The summed E-state index contributed by atoms with van der Waals surface area (Å²) in [5.74, 6) is 0.247. The van der Waals surface area contributed by atoms with Gasteiger partial charge >= 0.3 is 0 Å². The van der Waals surface area contributed by atoms with E-state index in [-0.39, 0.29) is 18.4 Å². The van der Waals surface area contributed by atoms with E-state index in [2.05, 4.69) is 10.6 Å². The summed E-state index contributed by atoms with van der Waals surface area (Å²) in [7, 11) is 0. The summed E-state index contributed by atoms with van der Waals surface area (Å²) in [5.41, 5.74) is 3.65. The normalized spacial score (nSPS) is 10.4. The van der Waals surface area contributed by atoms with Crippen LogP contribution in [0.3, 0.4) is 0 Å². The second-order valence-electron chi connectivity index (χ2n) is 6.91. The van der Waals surface area contributed by atoms with Gasteiger partial charge in [0.1, 0.15) is 5.75 Å². The Bertz CT molecular complexity index is 1050. The molecule has 0 atom stereocenters. The van der Waals surface area contributed by atoms with Crippen LogP contribution in [-0.2, 0) is 11.3 Å². The van der Waals surface area contributed by atoms with Crippen molar-refractivity contribution in [2.75, 3.05) is 17.2 Å². The van der Waals surface area contributed by atoms with Crippen LogP contribution in [0.5, 0.6) is 5.75 Å². The zero-order chi connectivity index (χ0) is 21.5. The summed E-state index contributed by atoms with van der Waals surface area (Å²) in [6.07, 6.45) is 1.87. The molecular formula is C24H26N3O3+. The summed E-state index contributed by atoms with van der Waals surface area (Å²) in [6.45, 7) is 6.65. The summed E-state index contributed by atoms with van der Waals surface area (Å²) < 4.78 is 7.30. The number of amides is 2. The van der Waals surface area contributed by atoms with E-state index >= 15 is 0 Å². The Labute approximate surface area is 176 Å². The van der Waals surface area contributed by atoms with E-state index in [9.17, 15) is 9.59 Å². The van der Waals surface area contributed by atoms with E-state index in [1.54, 1.807) is 48.5 Å². The monoisotopic (exact) mass is 404 g/mol. The first-order valence-corrected chi connectivity index (χ1v) is 9.86. The Morgan fingerprint density at radius 2 is 1.67 bits per heavy atom. The fourth-order valence-corrected chi connectivity index (χ4v) is 3.06. The highest BCUT2D eigenvalue weighted by molar-refractivity contribution is 6.10. The first kappa shape index (κ1) is 21.0. The van der Waals surface area contributed by atoms with Crippen molar-refractivity contribution in [3.63, 3.8) is 0 Å². The van der Waals surface area contributed by atoms with Crippen molar-refractivity contribution in [3.8, 4) is 5.75 Å². The Balaban J connectivity index is 1.71. The molecule has 6 heteroatoms. The number of pyridine rings is 1.